The van der Waals surface area contributed by atoms with Gasteiger partial charge in [0.1, 0.15) is 22.8 Å². The number of rotatable bonds is 4. The molecule has 1 amide bonds. The van der Waals surface area contributed by atoms with Crippen molar-refractivity contribution < 1.29 is 31.1 Å². The summed E-state index contributed by atoms with van der Waals surface area (Å²) in [5.74, 6) is 3.60. The molecule has 0 aliphatic rings. The van der Waals surface area contributed by atoms with Gasteiger partial charge in [0, 0.05) is 18.0 Å². The van der Waals surface area contributed by atoms with Gasteiger partial charge in [0.05, 0.1) is 17.3 Å². The van der Waals surface area contributed by atoms with E-state index in [9.17, 15) is 31.1 Å². The second kappa shape index (κ2) is 8.55. The van der Waals surface area contributed by atoms with Gasteiger partial charge in [-0.05, 0) is 18.2 Å². The quantitative estimate of drug-likeness (QED) is 0.196. The Morgan fingerprint density at radius 2 is 1.62 bits per heavy atom. The molecule has 32 heavy (non-hydrogen) atoms. The van der Waals surface area contributed by atoms with Crippen LogP contribution in [0.15, 0.2) is 48.1 Å². The lowest BCUT2D eigenvalue weighted by Crippen LogP contribution is -2.31. The number of hydrazine groups is 1. The van der Waals surface area contributed by atoms with Crippen LogP contribution in [0.25, 0.3) is 17.1 Å². The molecule has 0 fully saturated rings. The number of carbonyl (C=O) groups is 1. The highest BCUT2D eigenvalue weighted by molar-refractivity contribution is 6.45. The van der Waals surface area contributed by atoms with Crippen LogP contribution in [-0.2, 0) is 17.1 Å². The summed E-state index contributed by atoms with van der Waals surface area (Å²) in [5.41, 5.74) is -2.08. The van der Waals surface area contributed by atoms with Crippen LogP contribution in [0.1, 0.15) is 16.8 Å². The maximum absolute atomic E-state index is 13.1. The molecule has 3 rings (SSSR count). The lowest BCUT2D eigenvalue weighted by Gasteiger charge is -2.13. The maximum atomic E-state index is 13.1. The molecule has 0 aliphatic heterocycles. The lowest BCUT2D eigenvalue weighted by atomic mass is 10.0. The van der Waals surface area contributed by atoms with Crippen molar-refractivity contribution in [3.05, 3.63) is 65.0 Å². The maximum Gasteiger partial charge on any atom is 0.416 e. The fraction of sp³-hybridized carbons (Fsp3) is 0.118. The van der Waals surface area contributed by atoms with E-state index in [4.69, 9.17) is 17.4 Å². The van der Waals surface area contributed by atoms with Crippen LogP contribution in [0.2, 0.25) is 0 Å². The summed E-state index contributed by atoms with van der Waals surface area (Å²) < 4.78 is 79.6. The second-order valence-corrected chi connectivity index (χ2v) is 6.41. The fourth-order valence-corrected chi connectivity index (χ4v) is 2.75. The standard InChI is InChI=1S/C17H10ClF6N7O/c18-12(15(32)29-25)13(11-6-26-1-2-27-11)31-7-28-14(30-31)8-3-9(16(19,20)21)5-10(4-8)17(22,23)24/h1-7H,25H2,(H,29,32). The highest BCUT2D eigenvalue weighted by Crippen LogP contribution is 2.38. The summed E-state index contributed by atoms with van der Waals surface area (Å²) >= 11 is 6.03. The number of halogens is 7. The lowest BCUT2D eigenvalue weighted by molar-refractivity contribution is -0.143. The molecule has 3 aromatic rings. The Kier molecular flexibility index (Phi) is 6.18. The van der Waals surface area contributed by atoms with Crippen LogP contribution in [0, 0.1) is 0 Å². The molecule has 15 heteroatoms. The number of carbonyl (C=O) groups excluding carboxylic acids is 1. The number of hydrogen-bond donors (Lipinski definition) is 2. The fourth-order valence-electron chi connectivity index (χ4n) is 2.51. The van der Waals surface area contributed by atoms with Crippen molar-refractivity contribution in [1.29, 1.82) is 0 Å². The van der Waals surface area contributed by atoms with Crippen LogP contribution < -0.4 is 11.3 Å². The van der Waals surface area contributed by atoms with E-state index in [2.05, 4.69) is 20.1 Å². The van der Waals surface area contributed by atoms with Crippen LogP contribution in [0.4, 0.5) is 26.3 Å². The van der Waals surface area contributed by atoms with Crippen LogP contribution >= 0.6 is 11.6 Å². The molecule has 0 atom stereocenters. The second-order valence-electron chi connectivity index (χ2n) is 6.03. The van der Waals surface area contributed by atoms with Gasteiger partial charge in [-0.3, -0.25) is 20.2 Å². The van der Waals surface area contributed by atoms with Crippen molar-refractivity contribution in [2.75, 3.05) is 0 Å². The molecule has 3 N–H and O–H groups in total. The molecule has 168 valence electrons. The first-order valence-corrected chi connectivity index (χ1v) is 8.68. The predicted octanol–water partition coefficient (Wildman–Crippen LogP) is 3.22. The zero-order chi connectivity index (χ0) is 23.7. The molecule has 0 spiro atoms. The van der Waals surface area contributed by atoms with Gasteiger partial charge in [0.25, 0.3) is 5.91 Å². The number of nitrogens with one attached hydrogen (secondary N) is 1. The Bertz CT molecular complexity index is 1140. The molecule has 0 radical (unpaired) electrons. The topological polar surface area (TPSA) is 112 Å². The molecule has 0 bridgehead atoms. The number of alkyl halides is 6. The Balaban J connectivity index is 2.18. The normalized spacial score (nSPS) is 13.0. The number of nitrogens with two attached hydrogens (primary N) is 1. The SMILES string of the molecule is NNC(=O)C(Cl)=C(c1cnccn1)n1cnc(-c2cc(C(F)(F)F)cc(C(F)(F)F)c2)n1. The van der Waals surface area contributed by atoms with Crippen LogP contribution in [0.5, 0.6) is 0 Å². The number of amides is 1. The van der Waals surface area contributed by atoms with E-state index in [1.54, 1.807) is 5.43 Å². The van der Waals surface area contributed by atoms with Crippen molar-refractivity contribution in [3.8, 4) is 11.4 Å². The van der Waals surface area contributed by atoms with Gasteiger partial charge in [-0.2, -0.15) is 26.3 Å². The van der Waals surface area contributed by atoms with E-state index in [1.165, 1.54) is 18.6 Å². The predicted molar refractivity (Wildman–Crippen MR) is 98.0 cm³/mol. The highest BCUT2D eigenvalue weighted by Gasteiger charge is 2.37. The molecule has 1 aromatic carbocycles. The summed E-state index contributed by atoms with van der Waals surface area (Å²) in [6.07, 6.45) is -5.42. The van der Waals surface area contributed by atoms with Crippen molar-refractivity contribution >= 4 is 23.2 Å². The van der Waals surface area contributed by atoms with Gasteiger partial charge in [-0.1, -0.05) is 11.6 Å². The van der Waals surface area contributed by atoms with Crippen molar-refractivity contribution in [2.45, 2.75) is 12.4 Å². The summed E-state index contributed by atoms with van der Waals surface area (Å²) in [4.78, 5) is 23.4. The van der Waals surface area contributed by atoms with E-state index in [0.717, 1.165) is 11.0 Å². The Labute approximate surface area is 179 Å². The molecule has 2 aromatic heterocycles. The third-order valence-electron chi connectivity index (χ3n) is 3.91. The van der Waals surface area contributed by atoms with E-state index in [0.29, 0.717) is 12.1 Å². The summed E-state index contributed by atoms with van der Waals surface area (Å²) in [6.45, 7) is 0. The smallest absolute Gasteiger partial charge is 0.289 e. The number of aromatic nitrogens is 5. The molecule has 8 nitrogen and oxygen atoms in total. The zero-order valence-corrected chi connectivity index (χ0v) is 16.2. The van der Waals surface area contributed by atoms with E-state index in [1.807, 2.05) is 0 Å². The minimum atomic E-state index is -5.05. The van der Waals surface area contributed by atoms with Crippen molar-refractivity contribution in [2.24, 2.45) is 5.84 Å². The van der Waals surface area contributed by atoms with Crippen molar-refractivity contribution in [3.63, 3.8) is 0 Å². The van der Waals surface area contributed by atoms with E-state index < -0.39 is 45.8 Å². The molecule has 0 saturated heterocycles. The summed E-state index contributed by atoms with van der Waals surface area (Å²) in [5, 5.41) is 3.34. The molecule has 0 saturated carbocycles. The Hall–Kier alpha value is -3.52. The molecule has 0 aliphatic carbocycles. The first kappa shape index (κ1) is 23.1. The monoisotopic (exact) mass is 477 g/mol. The average Bonchev–Trinajstić information content (AvgIpc) is 3.22. The zero-order valence-electron chi connectivity index (χ0n) is 15.4. The van der Waals surface area contributed by atoms with Gasteiger partial charge in [-0.25, -0.2) is 15.5 Å². The summed E-state index contributed by atoms with van der Waals surface area (Å²) in [7, 11) is 0. The average molecular weight is 478 g/mol. The minimum absolute atomic E-state index is 0.00225. The molecular formula is C17H10ClF6N7O. The Morgan fingerprint density at radius 3 is 2.12 bits per heavy atom. The Morgan fingerprint density at radius 1 is 1.00 bits per heavy atom. The summed E-state index contributed by atoms with van der Waals surface area (Å²) in [6, 6.07) is 0.914. The molecular weight excluding hydrogens is 468 g/mol. The minimum Gasteiger partial charge on any atom is -0.289 e. The number of hydrogen-bond acceptors (Lipinski definition) is 6. The first-order valence-electron chi connectivity index (χ1n) is 8.31. The van der Waals surface area contributed by atoms with E-state index in [-0.39, 0.29) is 17.5 Å². The van der Waals surface area contributed by atoms with Crippen LogP contribution in [-0.4, -0.2) is 30.6 Å². The molecule has 2 heterocycles. The number of nitrogens with zero attached hydrogens (tertiary/aromatic N) is 5. The first-order chi connectivity index (χ1) is 14.9. The van der Waals surface area contributed by atoms with E-state index >= 15 is 0 Å². The number of benzene rings is 1. The van der Waals surface area contributed by atoms with Gasteiger partial charge in [0.15, 0.2) is 5.82 Å². The third-order valence-corrected chi connectivity index (χ3v) is 4.26. The van der Waals surface area contributed by atoms with Gasteiger partial charge < -0.3 is 0 Å². The van der Waals surface area contributed by atoms with Gasteiger partial charge >= 0.3 is 12.4 Å². The molecule has 0 unspecified atom stereocenters. The highest BCUT2D eigenvalue weighted by atomic mass is 35.5. The van der Waals surface area contributed by atoms with Crippen molar-refractivity contribution in [1.82, 2.24) is 30.2 Å². The van der Waals surface area contributed by atoms with Gasteiger partial charge in [0.2, 0.25) is 0 Å². The van der Waals surface area contributed by atoms with Crippen LogP contribution in [0.3, 0.4) is 0 Å². The third kappa shape index (κ3) is 4.86. The largest absolute Gasteiger partial charge is 0.416 e. The van der Waals surface area contributed by atoms with Gasteiger partial charge in [-0.15, -0.1) is 5.10 Å².